The molecule has 1 aromatic rings. The van der Waals surface area contributed by atoms with Gasteiger partial charge in [-0.25, -0.2) is 0 Å². The van der Waals surface area contributed by atoms with Crippen LogP contribution in [0.2, 0.25) is 0 Å². The quantitative estimate of drug-likeness (QED) is 0.748. The molecule has 0 aliphatic heterocycles. The zero-order valence-corrected chi connectivity index (χ0v) is 13.6. The van der Waals surface area contributed by atoms with E-state index in [-0.39, 0.29) is 5.41 Å². The highest BCUT2D eigenvalue weighted by atomic mass is 16.5. The summed E-state index contributed by atoms with van der Waals surface area (Å²) in [5, 5.41) is 3.52. The van der Waals surface area contributed by atoms with Crippen LogP contribution < -0.4 is 14.8 Å². The second-order valence-electron chi connectivity index (χ2n) is 6.03. The van der Waals surface area contributed by atoms with Gasteiger partial charge in [0.25, 0.3) is 0 Å². The van der Waals surface area contributed by atoms with Gasteiger partial charge < -0.3 is 19.5 Å². The third kappa shape index (κ3) is 3.50. The highest BCUT2D eigenvalue weighted by Gasteiger charge is 2.43. The van der Waals surface area contributed by atoms with Crippen molar-refractivity contribution in [3.63, 3.8) is 0 Å². The minimum absolute atomic E-state index is 0.215. The maximum atomic E-state index is 5.45. The summed E-state index contributed by atoms with van der Waals surface area (Å²) < 4.78 is 15.9. The zero-order valence-electron chi connectivity index (χ0n) is 13.6. The molecule has 1 aromatic carbocycles. The Balaban J connectivity index is 2.14. The van der Waals surface area contributed by atoms with E-state index in [1.54, 1.807) is 21.3 Å². The van der Waals surface area contributed by atoms with Gasteiger partial charge in [-0.15, -0.1) is 0 Å². The molecule has 2 rings (SSSR count). The topological polar surface area (TPSA) is 39.7 Å². The van der Waals surface area contributed by atoms with Gasteiger partial charge in [-0.3, -0.25) is 0 Å². The van der Waals surface area contributed by atoms with Gasteiger partial charge >= 0.3 is 0 Å². The lowest BCUT2D eigenvalue weighted by Gasteiger charge is -2.47. The normalized spacial score (nSPS) is 24.5. The summed E-state index contributed by atoms with van der Waals surface area (Å²) in [7, 11) is 5.09. The van der Waals surface area contributed by atoms with Crippen LogP contribution in [0, 0.1) is 5.92 Å². The number of nitrogens with one attached hydrogen (secondary N) is 1. The lowest BCUT2D eigenvalue weighted by Crippen LogP contribution is -2.48. The van der Waals surface area contributed by atoms with Crippen LogP contribution >= 0.6 is 0 Å². The Morgan fingerprint density at radius 1 is 1.14 bits per heavy atom. The predicted molar refractivity (Wildman–Crippen MR) is 84.4 cm³/mol. The van der Waals surface area contributed by atoms with Crippen molar-refractivity contribution in [3.8, 4) is 11.5 Å². The van der Waals surface area contributed by atoms with E-state index in [4.69, 9.17) is 14.2 Å². The number of rotatable bonds is 8. The predicted octanol–water partition coefficient (Wildman–Crippen LogP) is 2.61. The molecule has 0 radical (unpaired) electrons. The highest BCUT2D eigenvalue weighted by Crippen LogP contribution is 2.48. The molecular formula is C17H27NO3. The first-order valence-electron chi connectivity index (χ1n) is 7.57. The van der Waals surface area contributed by atoms with E-state index in [2.05, 4.69) is 24.4 Å². The Morgan fingerprint density at radius 2 is 1.86 bits per heavy atom. The van der Waals surface area contributed by atoms with Gasteiger partial charge in [0, 0.05) is 25.6 Å². The molecule has 0 unspecified atom stereocenters. The molecule has 0 saturated heterocycles. The Hall–Kier alpha value is -1.26. The van der Waals surface area contributed by atoms with Crippen LogP contribution in [0.4, 0.5) is 0 Å². The fourth-order valence-corrected chi connectivity index (χ4v) is 3.42. The Kier molecular flexibility index (Phi) is 5.48. The van der Waals surface area contributed by atoms with Crippen molar-refractivity contribution < 1.29 is 14.2 Å². The van der Waals surface area contributed by atoms with E-state index in [0.717, 1.165) is 37.1 Å². The maximum Gasteiger partial charge on any atom is 0.161 e. The molecule has 1 saturated carbocycles. The van der Waals surface area contributed by atoms with E-state index < -0.39 is 0 Å². The third-order valence-electron chi connectivity index (χ3n) is 4.42. The molecule has 0 atom stereocenters. The van der Waals surface area contributed by atoms with Gasteiger partial charge in [0.15, 0.2) is 11.5 Å². The number of benzene rings is 1. The lowest BCUT2D eigenvalue weighted by atomic mass is 9.59. The van der Waals surface area contributed by atoms with Crippen LogP contribution in [0.15, 0.2) is 18.2 Å². The smallest absolute Gasteiger partial charge is 0.161 e. The van der Waals surface area contributed by atoms with Gasteiger partial charge in [0.1, 0.15) is 0 Å². The van der Waals surface area contributed by atoms with E-state index in [0.29, 0.717) is 0 Å². The molecular weight excluding hydrogens is 266 g/mol. The number of ether oxygens (including phenoxy) is 3. The van der Waals surface area contributed by atoms with Crippen LogP contribution in [0.1, 0.15) is 25.3 Å². The Labute approximate surface area is 127 Å². The number of methoxy groups -OCH3 is 3. The first kappa shape index (κ1) is 16.1. The second-order valence-corrected chi connectivity index (χ2v) is 6.03. The molecule has 0 spiro atoms. The standard InChI is InChI=1S/C17H27NO3/c1-13-10-17(11-13,12-18-7-8-19-2)14-5-6-15(20-3)16(9-14)21-4/h5-6,9,13,18H,7-8,10-12H2,1-4H3. The SMILES string of the molecule is COCCNCC1(c2ccc(OC)c(OC)c2)CC(C)C1. The summed E-state index contributed by atoms with van der Waals surface area (Å²) in [4.78, 5) is 0. The molecule has 4 heteroatoms. The molecule has 4 nitrogen and oxygen atoms in total. The summed E-state index contributed by atoms with van der Waals surface area (Å²) in [5.41, 5.74) is 1.55. The van der Waals surface area contributed by atoms with Gasteiger partial charge in [0.2, 0.25) is 0 Å². The molecule has 1 aliphatic rings. The van der Waals surface area contributed by atoms with Crippen molar-refractivity contribution >= 4 is 0 Å². The van der Waals surface area contributed by atoms with Gasteiger partial charge in [-0.2, -0.15) is 0 Å². The highest BCUT2D eigenvalue weighted by molar-refractivity contribution is 5.46. The van der Waals surface area contributed by atoms with E-state index in [1.807, 2.05) is 6.07 Å². The van der Waals surface area contributed by atoms with Crippen LogP contribution in [-0.4, -0.2) is 41.0 Å². The third-order valence-corrected chi connectivity index (χ3v) is 4.42. The van der Waals surface area contributed by atoms with Crippen molar-refractivity contribution in [1.82, 2.24) is 5.32 Å². The van der Waals surface area contributed by atoms with Crippen LogP contribution in [0.3, 0.4) is 0 Å². The zero-order chi connectivity index (χ0) is 15.3. The first-order valence-corrected chi connectivity index (χ1v) is 7.57. The van der Waals surface area contributed by atoms with Crippen molar-refractivity contribution in [1.29, 1.82) is 0 Å². The summed E-state index contributed by atoms with van der Waals surface area (Å²) in [6.45, 7) is 4.93. The van der Waals surface area contributed by atoms with Gasteiger partial charge in [-0.05, 0) is 36.5 Å². The molecule has 21 heavy (non-hydrogen) atoms. The minimum atomic E-state index is 0.215. The summed E-state index contributed by atoms with van der Waals surface area (Å²) in [6, 6.07) is 6.31. The second kappa shape index (κ2) is 7.14. The van der Waals surface area contributed by atoms with E-state index >= 15 is 0 Å². The van der Waals surface area contributed by atoms with Gasteiger partial charge in [0.05, 0.1) is 20.8 Å². The number of hydrogen-bond acceptors (Lipinski definition) is 4. The maximum absolute atomic E-state index is 5.45. The van der Waals surface area contributed by atoms with E-state index in [1.165, 1.54) is 18.4 Å². The summed E-state index contributed by atoms with van der Waals surface area (Å²) >= 11 is 0. The average molecular weight is 293 g/mol. The van der Waals surface area contributed by atoms with Crippen molar-refractivity contribution in [3.05, 3.63) is 23.8 Å². The molecule has 1 fully saturated rings. The molecule has 1 aliphatic carbocycles. The fraction of sp³-hybridized carbons (Fsp3) is 0.647. The van der Waals surface area contributed by atoms with Crippen LogP contribution in [0.5, 0.6) is 11.5 Å². The summed E-state index contributed by atoms with van der Waals surface area (Å²) in [5.74, 6) is 2.38. The lowest BCUT2D eigenvalue weighted by molar-refractivity contribution is 0.143. The van der Waals surface area contributed by atoms with Crippen molar-refractivity contribution in [2.75, 3.05) is 41.0 Å². The number of hydrogen-bond donors (Lipinski definition) is 1. The molecule has 0 amide bonds. The van der Waals surface area contributed by atoms with Gasteiger partial charge in [-0.1, -0.05) is 13.0 Å². The Morgan fingerprint density at radius 3 is 2.43 bits per heavy atom. The minimum Gasteiger partial charge on any atom is -0.493 e. The van der Waals surface area contributed by atoms with Crippen LogP contribution in [0.25, 0.3) is 0 Å². The molecule has 118 valence electrons. The van der Waals surface area contributed by atoms with E-state index in [9.17, 15) is 0 Å². The average Bonchev–Trinajstić information content (AvgIpc) is 2.48. The first-order chi connectivity index (χ1) is 10.1. The molecule has 1 N–H and O–H groups in total. The Bertz CT molecular complexity index is 455. The largest absolute Gasteiger partial charge is 0.493 e. The molecule has 0 aromatic heterocycles. The summed E-state index contributed by atoms with van der Waals surface area (Å²) in [6.07, 6.45) is 2.42. The monoisotopic (exact) mass is 293 g/mol. The fourth-order valence-electron chi connectivity index (χ4n) is 3.42. The van der Waals surface area contributed by atoms with Crippen LogP contribution in [-0.2, 0) is 10.2 Å². The molecule has 0 heterocycles. The van der Waals surface area contributed by atoms with Crippen molar-refractivity contribution in [2.45, 2.75) is 25.2 Å². The molecule has 0 bridgehead atoms. The van der Waals surface area contributed by atoms with Crippen molar-refractivity contribution in [2.24, 2.45) is 5.92 Å².